The van der Waals surface area contributed by atoms with E-state index in [9.17, 15) is 28.0 Å². The number of hydrogen-bond acceptors (Lipinski definition) is 4. The molecule has 0 saturated carbocycles. The van der Waals surface area contributed by atoms with Crippen molar-refractivity contribution in [2.45, 2.75) is 37.5 Å². The Labute approximate surface area is 224 Å². The molecule has 3 aromatic carbocycles. The van der Waals surface area contributed by atoms with Gasteiger partial charge in [0.25, 0.3) is 5.91 Å². The maximum absolute atomic E-state index is 14.0. The highest BCUT2D eigenvalue weighted by Gasteiger charge is 2.58. The predicted molar refractivity (Wildman–Crippen MR) is 140 cm³/mol. The summed E-state index contributed by atoms with van der Waals surface area (Å²) in [6.45, 7) is 1.28. The molecule has 39 heavy (non-hydrogen) atoms. The molecule has 0 aliphatic carbocycles. The number of carbonyl (C=O) groups is 2. The molecule has 0 bridgehead atoms. The van der Waals surface area contributed by atoms with Crippen LogP contribution in [0.15, 0.2) is 72.8 Å². The second-order valence-electron chi connectivity index (χ2n) is 10.1. The van der Waals surface area contributed by atoms with Gasteiger partial charge in [-0.2, -0.15) is 18.4 Å². The molecule has 2 saturated heterocycles. The highest BCUT2D eigenvalue weighted by Crippen LogP contribution is 2.42. The third-order valence-corrected chi connectivity index (χ3v) is 7.73. The van der Waals surface area contributed by atoms with Gasteiger partial charge in [0.05, 0.1) is 22.9 Å². The fraction of sp³-hybridized carbons (Fsp3) is 0.300. The summed E-state index contributed by atoms with van der Waals surface area (Å²) in [4.78, 5) is 32.4. The topological polar surface area (TPSA) is 67.6 Å². The van der Waals surface area contributed by atoms with Crippen LogP contribution in [0.1, 0.15) is 40.7 Å². The number of imide groups is 1. The molecular formula is C30H27F3N4O2. The molecule has 0 aromatic heterocycles. The van der Waals surface area contributed by atoms with E-state index in [0.717, 1.165) is 33.7 Å². The van der Waals surface area contributed by atoms with Crippen LogP contribution in [-0.2, 0) is 23.9 Å². The Morgan fingerprint density at radius 1 is 0.923 bits per heavy atom. The highest BCUT2D eigenvalue weighted by atomic mass is 19.4. The van der Waals surface area contributed by atoms with Gasteiger partial charge in [0.1, 0.15) is 5.54 Å². The number of alkyl halides is 3. The van der Waals surface area contributed by atoms with E-state index in [4.69, 9.17) is 0 Å². The van der Waals surface area contributed by atoms with Gasteiger partial charge in [0.2, 0.25) is 0 Å². The molecule has 0 N–H and O–H groups in total. The van der Waals surface area contributed by atoms with E-state index in [1.165, 1.54) is 11.0 Å². The Kier molecular flexibility index (Phi) is 6.91. The van der Waals surface area contributed by atoms with Crippen molar-refractivity contribution in [2.75, 3.05) is 25.0 Å². The van der Waals surface area contributed by atoms with Crippen molar-refractivity contribution in [2.24, 2.45) is 0 Å². The zero-order chi connectivity index (χ0) is 27.8. The minimum Gasteiger partial charge on any atom is -0.306 e. The van der Waals surface area contributed by atoms with Crippen molar-refractivity contribution in [3.63, 3.8) is 0 Å². The van der Waals surface area contributed by atoms with Crippen molar-refractivity contribution in [1.29, 1.82) is 5.26 Å². The van der Waals surface area contributed by atoms with Crippen molar-refractivity contribution >= 4 is 17.6 Å². The van der Waals surface area contributed by atoms with E-state index in [0.29, 0.717) is 32.4 Å². The van der Waals surface area contributed by atoms with Gasteiger partial charge in [0.15, 0.2) is 0 Å². The first-order valence-corrected chi connectivity index (χ1v) is 12.7. The summed E-state index contributed by atoms with van der Waals surface area (Å²) < 4.78 is 41.2. The van der Waals surface area contributed by atoms with Gasteiger partial charge in [-0.3, -0.25) is 4.79 Å². The van der Waals surface area contributed by atoms with Crippen LogP contribution in [0.4, 0.5) is 23.7 Å². The minimum atomic E-state index is -4.81. The molecule has 0 atom stereocenters. The number of benzene rings is 3. The number of carbonyl (C=O) groups excluding carboxylic acids is 2. The number of rotatable bonds is 5. The average Bonchev–Trinajstić information content (AvgIpc) is 3.12. The largest absolute Gasteiger partial charge is 0.417 e. The number of nitrogens with zero attached hydrogens (tertiary/aromatic N) is 4. The fourth-order valence-electron chi connectivity index (χ4n) is 5.51. The van der Waals surface area contributed by atoms with Gasteiger partial charge in [-0.1, -0.05) is 54.6 Å². The van der Waals surface area contributed by atoms with Gasteiger partial charge in [-0.15, -0.1) is 0 Å². The molecular weight excluding hydrogens is 505 g/mol. The van der Waals surface area contributed by atoms with Gasteiger partial charge in [-0.25, -0.2) is 9.69 Å². The Balaban J connectivity index is 1.55. The number of halogens is 3. The lowest BCUT2D eigenvalue weighted by Crippen LogP contribution is -2.55. The molecule has 2 heterocycles. The van der Waals surface area contributed by atoms with E-state index in [2.05, 4.69) is 4.90 Å². The molecule has 3 amide bonds. The van der Waals surface area contributed by atoms with Crippen molar-refractivity contribution < 1.29 is 22.8 Å². The molecule has 0 radical (unpaired) electrons. The average molecular weight is 533 g/mol. The van der Waals surface area contributed by atoms with Crippen LogP contribution in [0.25, 0.3) is 0 Å². The summed E-state index contributed by atoms with van der Waals surface area (Å²) in [5.41, 5.74) is -0.119. The summed E-state index contributed by atoms with van der Waals surface area (Å²) in [5.74, 6) is -0.529. The normalized spacial score (nSPS) is 17.6. The van der Waals surface area contributed by atoms with E-state index < -0.39 is 34.8 Å². The number of piperidine rings is 1. The SMILES string of the molecule is CN1CCC2(CC1)C(=O)N(c1ccc(C#N)c(C(F)(F)F)c1)C(=O)N2Cc1ccccc1Cc1ccccc1. The van der Waals surface area contributed by atoms with Crippen LogP contribution in [-0.4, -0.2) is 47.4 Å². The number of likely N-dealkylation sites (tertiary alicyclic amines) is 1. The smallest absolute Gasteiger partial charge is 0.306 e. The number of hydrogen-bond donors (Lipinski definition) is 0. The number of nitriles is 1. The quantitative estimate of drug-likeness (QED) is 0.401. The molecule has 2 aliphatic heterocycles. The van der Waals surface area contributed by atoms with Crippen molar-refractivity contribution in [3.8, 4) is 6.07 Å². The van der Waals surface area contributed by atoms with Crippen LogP contribution in [0.3, 0.4) is 0 Å². The molecule has 9 heteroatoms. The molecule has 2 fully saturated rings. The lowest BCUT2D eigenvalue weighted by molar-refractivity contribution is -0.137. The molecule has 200 valence electrons. The Morgan fingerprint density at radius 3 is 2.21 bits per heavy atom. The zero-order valence-corrected chi connectivity index (χ0v) is 21.4. The number of amides is 3. The van der Waals surface area contributed by atoms with Gasteiger partial charge in [-0.05, 0) is 61.2 Å². The summed E-state index contributed by atoms with van der Waals surface area (Å²) in [6.07, 6.45) is -3.44. The zero-order valence-electron chi connectivity index (χ0n) is 21.4. The first kappa shape index (κ1) is 26.4. The first-order chi connectivity index (χ1) is 18.6. The minimum absolute atomic E-state index is 0.149. The molecule has 5 rings (SSSR count). The van der Waals surface area contributed by atoms with Gasteiger partial charge < -0.3 is 9.80 Å². The third-order valence-electron chi connectivity index (χ3n) is 7.73. The summed E-state index contributed by atoms with van der Waals surface area (Å²) in [5, 5.41) is 9.19. The lowest BCUT2D eigenvalue weighted by atomic mass is 9.85. The second-order valence-corrected chi connectivity index (χ2v) is 10.1. The number of urea groups is 1. The first-order valence-electron chi connectivity index (χ1n) is 12.7. The Bertz CT molecular complexity index is 1440. The number of anilines is 1. The lowest BCUT2D eigenvalue weighted by Gasteiger charge is -2.41. The standard InChI is InChI=1S/C30H27F3N4O2/c1-35-15-13-29(14-16-35)27(38)37(25-12-11-23(19-34)26(18-25)30(31,32)33)28(39)36(29)20-24-10-6-5-9-22(24)17-21-7-3-2-4-8-21/h2-12,18H,13-17,20H2,1H3. The summed E-state index contributed by atoms with van der Waals surface area (Å²) >= 11 is 0. The molecule has 2 aliphatic rings. The van der Waals surface area contributed by atoms with Crippen LogP contribution in [0.5, 0.6) is 0 Å². The van der Waals surface area contributed by atoms with E-state index >= 15 is 0 Å². The van der Waals surface area contributed by atoms with Crippen LogP contribution in [0.2, 0.25) is 0 Å². The van der Waals surface area contributed by atoms with Crippen LogP contribution < -0.4 is 4.90 Å². The fourth-order valence-corrected chi connectivity index (χ4v) is 5.51. The van der Waals surface area contributed by atoms with Crippen LogP contribution >= 0.6 is 0 Å². The maximum Gasteiger partial charge on any atom is 0.417 e. The monoisotopic (exact) mass is 532 g/mol. The van der Waals surface area contributed by atoms with E-state index in [-0.39, 0.29) is 12.2 Å². The Hall–Kier alpha value is -4.16. The molecule has 3 aromatic rings. The molecule has 0 unspecified atom stereocenters. The van der Waals surface area contributed by atoms with E-state index in [1.807, 2.05) is 61.6 Å². The second kappa shape index (κ2) is 10.2. The maximum atomic E-state index is 14.0. The summed E-state index contributed by atoms with van der Waals surface area (Å²) in [6, 6.07) is 21.5. The van der Waals surface area contributed by atoms with Crippen LogP contribution in [0, 0.1) is 11.3 Å². The third kappa shape index (κ3) is 4.88. The Morgan fingerprint density at radius 2 is 1.56 bits per heavy atom. The van der Waals surface area contributed by atoms with Crippen molar-refractivity contribution in [3.05, 3.63) is 101 Å². The van der Waals surface area contributed by atoms with Crippen molar-refractivity contribution in [1.82, 2.24) is 9.80 Å². The van der Waals surface area contributed by atoms with E-state index in [1.54, 1.807) is 6.07 Å². The molecule has 1 spiro atoms. The summed E-state index contributed by atoms with van der Waals surface area (Å²) in [7, 11) is 1.93. The molecule has 6 nitrogen and oxygen atoms in total. The highest BCUT2D eigenvalue weighted by molar-refractivity contribution is 6.23. The van der Waals surface area contributed by atoms with Gasteiger partial charge in [0, 0.05) is 19.6 Å². The van der Waals surface area contributed by atoms with Gasteiger partial charge >= 0.3 is 12.2 Å². The predicted octanol–water partition coefficient (Wildman–Crippen LogP) is 5.60.